The maximum Gasteiger partial charge on any atom is 0.322 e. The molecule has 0 radical (unpaired) electrons. The van der Waals surface area contributed by atoms with Crippen LogP contribution < -0.4 is 10.6 Å². The van der Waals surface area contributed by atoms with Crippen molar-refractivity contribution >= 4 is 23.7 Å². The van der Waals surface area contributed by atoms with Crippen molar-refractivity contribution in [2.75, 3.05) is 5.75 Å². The summed E-state index contributed by atoms with van der Waals surface area (Å²) in [5, 5.41) is 4.20. The molecule has 2 fully saturated rings. The van der Waals surface area contributed by atoms with E-state index >= 15 is 0 Å². The molecule has 2 spiro atoms. The third-order valence-corrected chi connectivity index (χ3v) is 4.69. The number of hydrogen-bond acceptors (Lipinski definition) is 5. The molecule has 92 valence electrons. The quantitative estimate of drug-likeness (QED) is 0.406. The van der Waals surface area contributed by atoms with Gasteiger partial charge in [-0.25, -0.2) is 4.79 Å². The molecular formula is C11H8N2O4S. The van der Waals surface area contributed by atoms with Crippen LogP contribution in [0.3, 0.4) is 0 Å². The standard InChI is InChI=1S/C11H8N2O4S/c14-8-10(13-9(15)12-8)5-18-11(16-17-11)7-4-2-1-3-6(7)10/h1-4H,5H2,(H2,12,13,14,15). The molecule has 0 aliphatic carbocycles. The fraction of sp³-hybridized carbons (Fsp3) is 0.273. The summed E-state index contributed by atoms with van der Waals surface area (Å²) in [7, 11) is 0. The molecule has 3 aliphatic rings. The van der Waals surface area contributed by atoms with Gasteiger partial charge in [0.25, 0.3) is 5.91 Å². The molecule has 1 aromatic rings. The van der Waals surface area contributed by atoms with Gasteiger partial charge in [-0.3, -0.25) is 10.1 Å². The predicted octanol–water partition coefficient (Wildman–Crippen LogP) is 0.540. The highest BCUT2D eigenvalue weighted by atomic mass is 32.2. The van der Waals surface area contributed by atoms with Crippen LogP contribution in [-0.4, -0.2) is 17.7 Å². The highest BCUT2D eigenvalue weighted by Gasteiger charge is 2.63. The first-order valence-corrected chi connectivity index (χ1v) is 6.39. The highest BCUT2D eigenvalue weighted by Crippen LogP contribution is 2.58. The number of carbonyl (C=O) groups excluding carboxylic acids is 2. The molecule has 3 aliphatic heterocycles. The van der Waals surface area contributed by atoms with Crippen molar-refractivity contribution in [3.05, 3.63) is 35.4 Å². The van der Waals surface area contributed by atoms with Gasteiger partial charge in [0, 0.05) is 11.3 Å². The van der Waals surface area contributed by atoms with Crippen molar-refractivity contribution in [3.63, 3.8) is 0 Å². The Kier molecular flexibility index (Phi) is 1.76. The van der Waals surface area contributed by atoms with Crippen LogP contribution in [0, 0.1) is 0 Å². The average molecular weight is 264 g/mol. The van der Waals surface area contributed by atoms with E-state index in [9.17, 15) is 9.59 Å². The van der Waals surface area contributed by atoms with Gasteiger partial charge >= 0.3 is 11.2 Å². The second-order valence-corrected chi connectivity index (χ2v) is 5.49. The maximum atomic E-state index is 12.1. The van der Waals surface area contributed by atoms with E-state index in [1.807, 2.05) is 24.3 Å². The average Bonchev–Trinajstić information content (AvgIpc) is 3.09. The summed E-state index contributed by atoms with van der Waals surface area (Å²) in [6.07, 6.45) is 0. The molecule has 4 rings (SSSR count). The second-order valence-electron chi connectivity index (χ2n) is 4.37. The lowest BCUT2D eigenvalue weighted by Crippen LogP contribution is -2.49. The lowest BCUT2D eigenvalue weighted by Gasteiger charge is -2.33. The lowest BCUT2D eigenvalue weighted by molar-refractivity contribution is -0.123. The van der Waals surface area contributed by atoms with E-state index in [1.165, 1.54) is 11.8 Å². The van der Waals surface area contributed by atoms with E-state index in [-0.39, 0.29) is 5.91 Å². The topological polar surface area (TPSA) is 83.3 Å². The molecule has 7 heteroatoms. The Morgan fingerprint density at radius 3 is 2.50 bits per heavy atom. The molecule has 0 bridgehead atoms. The van der Waals surface area contributed by atoms with Gasteiger partial charge in [-0.2, -0.15) is 9.78 Å². The molecular weight excluding hydrogens is 256 g/mol. The molecule has 2 saturated heterocycles. The third-order valence-electron chi connectivity index (χ3n) is 3.37. The predicted molar refractivity (Wildman–Crippen MR) is 61.1 cm³/mol. The van der Waals surface area contributed by atoms with E-state index in [4.69, 9.17) is 9.78 Å². The van der Waals surface area contributed by atoms with E-state index in [0.29, 0.717) is 5.75 Å². The minimum Gasteiger partial charge on any atom is -0.319 e. The van der Waals surface area contributed by atoms with Crippen LogP contribution in [-0.2, 0) is 25.2 Å². The zero-order valence-electron chi connectivity index (χ0n) is 9.06. The second kappa shape index (κ2) is 3.05. The molecule has 3 amide bonds. The molecule has 18 heavy (non-hydrogen) atoms. The van der Waals surface area contributed by atoms with Gasteiger partial charge in [-0.15, -0.1) is 0 Å². The number of urea groups is 1. The zero-order valence-corrected chi connectivity index (χ0v) is 9.87. The fourth-order valence-electron chi connectivity index (χ4n) is 2.44. The Bertz CT molecular complexity index is 586. The molecule has 6 nitrogen and oxygen atoms in total. The minimum atomic E-state index is -1.01. The Labute approximate surface area is 106 Å². The molecule has 0 aromatic heterocycles. The van der Waals surface area contributed by atoms with Crippen molar-refractivity contribution in [3.8, 4) is 0 Å². The molecule has 0 saturated carbocycles. The molecule has 2 N–H and O–H groups in total. The van der Waals surface area contributed by atoms with Crippen molar-refractivity contribution in [2.45, 2.75) is 10.7 Å². The summed E-state index contributed by atoms with van der Waals surface area (Å²) >= 11 is 1.36. The van der Waals surface area contributed by atoms with Gasteiger partial charge in [-0.05, 0) is 5.56 Å². The zero-order chi connectivity index (χ0) is 12.4. The Balaban J connectivity index is 1.93. The van der Waals surface area contributed by atoms with Crippen LogP contribution in [0.2, 0.25) is 0 Å². The number of imide groups is 1. The molecule has 1 aromatic carbocycles. The number of rotatable bonds is 0. The summed E-state index contributed by atoms with van der Waals surface area (Å²) in [6.45, 7) is 0. The number of hydrogen-bond donors (Lipinski definition) is 2. The van der Waals surface area contributed by atoms with Crippen LogP contribution in [0.4, 0.5) is 4.79 Å². The highest BCUT2D eigenvalue weighted by molar-refractivity contribution is 8.00. The third kappa shape index (κ3) is 1.11. The molecule has 1 unspecified atom stereocenters. The Morgan fingerprint density at radius 1 is 1.17 bits per heavy atom. The van der Waals surface area contributed by atoms with Crippen molar-refractivity contribution in [1.29, 1.82) is 0 Å². The Morgan fingerprint density at radius 2 is 1.89 bits per heavy atom. The summed E-state index contributed by atoms with van der Waals surface area (Å²) < 4.78 is 0. The normalized spacial score (nSPS) is 31.1. The monoisotopic (exact) mass is 264 g/mol. The van der Waals surface area contributed by atoms with Crippen molar-refractivity contribution < 1.29 is 19.4 Å². The van der Waals surface area contributed by atoms with E-state index in [0.717, 1.165) is 11.1 Å². The number of benzene rings is 1. The van der Waals surface area contributed by atoms with Crippen LogP contribution in [0.1, 0.15) is 11.1 Å². The first-order valence-electron chi connectivity index (χ1n) is 5.41. The minimum absolute atomic E-state index is 0.331. The van der Waals surface area contributed by atoms with Crippen LogP contribution in [0.25, 0.3) is 0 Å². The smallest absolute Gasteiger partial charge is 0.319 e. The fourth-order valence-corrected chi connectivity index (χ4v) is 3.67. The van der Waals surface area contributed by atoms with Crippen LogP contribution >= 0.6 is 11.8 Å². The Hall–Kier alpha value is -1.57. The molecule has 3 heterocycles. The van der Waals surface area contributed by atoms with Crippen LogP contribution in [0.15, 0.2) is 24.3 Å². The molecule has 1 atom stereocenters. The van der Waals surface area contributed by atoms with Gasteiger partial charge in [-0.1, -0.05) is 36.0 Å². The lowest BCUT2D eigenvalue weighted by atomic mass is 9.87. The van der Waals surface area contributed by atoms with E-state index < -0.39 is 16.7 Å². The number of fused-ring (bicyclic) bond motifs is 3. The number of thioether (sulfide) groups is 1. The number of nitrogens with one attached hydrogen (secondary N) is 2. The summed E-state index contributed by atoms with van der Waals surface area (Å²) in [5.41, 5.74) is 0.488. The van der Waals surface area contributed by atoms with E-state index in [2.05, 4.69) is 10.6 Å². The first-order chi connectivity index (χ1) is 8.66. The maximum absolute atomic E-state index is 12.1. The summed E-state index contributed by atoms with van der Waals surface area (Å²) in [5.74, 6) is 0.0460. The van der Waals surface area contributed by atoms with Gasteiger partial charge in [0.1, 0.15) is 0 Å². The summed E-state index contributed by atoms with van der Waals surface area (Å²) in [6, 6.07) is 6.86. The van der Waals surface area contributed by atoms with Gasteiger partial charge in [0.15, 0.2) is 5.54 Å². The van der Waals surface area contributed by atoms with Gasteiger partial charge < -0.3 is 5.32 Å². The van der Waals surface area contributed by atoms with Crippen LogP contribution in [0.5, 0.6) is 0 Å². The SMILES string of the molecule is O=C1NC(=O)C2(CSC3(OO3)c3ccccc32)N1. The largest absolute Gasteiger partial charge is 0.322 e. The first kappa shape index (κ1) is 10.4. The van der Waals surface area contributed by atoms with Crippen molar-refractivity contribution in [2.24, 2.45) is 0 Å². The van der Waals surface area contributed by atoms with E-state index in [1.54, 1.807) is 0 Å². The number of amides is 3. The number of carbonyl (C=O) groups is 2. The van der Waals surface area contributed by atoms with Gasteiger partial charge in [0.2, 0.25) is 0 Å². The summed E-state index contributed by atoms with van der Waals surface area (Å²) in [4.78, 5) is 33.6. The van der Waals surface area contributed by atoms with Gasteiger partial charge in [0.05, 0.1) is 0 Å². The van der Waals surface area contributed by atoms with Crippen molar-refractivity contribution in [1.82, 2.24) is 10.6 Å².